The number of para-hydroxylation sites is 1. The van der Waals surface area contributed by atoms with Crippen molar-refractivity contribution in [2.45, 2.75) is 6.54 Å². The summed E-state index contributed by atoms with van der Waals surface area (Å²) in [6.07, 6.45) is 0. The van der Waals surface area contributed by atoms with Crippen LogP contribution in [0.2, 0.25) is 5.02 Å². The number of rotatable bonds is 6. The molecule has 0 aliphatic carbocycles. The maximum atomic E-state index is 13.1. The van der Waals surface area contributed by atoms with Crippen molar-refractivity contribution in [3.8, 4) is 5.75 Å². The summed E-state index contributed by atoms with van der Waals surface area (Å²) in [5, 5.41) is 1.09. The molecule has 0 atom stereocenters. The van der Waals surface area contributed by atoms with E-state index >= 15 is 0 Å². The molecule has 4 rings (SSSR count). The van der Waals surface area contributed by atoms with Crippen LogP contribution in [0.25, 0.3) is 10.2 Å². The number of hydrogen-bond donors (Lipinski definition) is 0. The Balaban J connectivity index is 1.60. The highest BCUT2D eigenvalue weighted by Crippen LogP contribution is 2.33. The maximum Gasteiger partial charge on any atom is 0.267 e. The quantitative estimate of drug-likeness (QED) is 0.397. The normalized spacial score (nSPS) is 10.8. The van der Waals surface area contributed by atoms with E-state index in [0.29, 0.717) is 28.0 Å². The van der Waals surface area contributed by atoms with E-state index in [-0.39, 0.29) is 18.3 Å². The van der Waals surface area contributed by atoms with Crippen molar-refractivity contribution in [1.82, 2.24) is 4.98 Å². The summed E-state index contributed by atoms with van der Waals surface area (Å²) in [4.78, 5) is 19.2. The van der Waals surface area contributed by atoms with Crippen LogP contribution in [-0.4, -0.2) is 17.5 Å². The summed E-state index contributed by atoms with van der Waals surface area (Å²) in [5.74, 6) is -0.194. The second-order valence-electron chi connectivity index (χ2n) is 6.29. The lowest BCUT2D eigenvalue weighted by Crippen LogP contribution is -2.34. The number of thiazole rings is 1. The first-order valence-electron chi connectivity index (χ1n) is 8.88. The third kappa shape index (κ3) is 4.55. The van der Waals surface area contributed by atoms with Crippen LogP contribution in [0.4, 0.5) is 9.52 Å². The predicted octanol–water partition coefficient (Wildman–Crippen LogP) is 5.70. The predicted molar refractivity (Wildman–Crippen MR) is 114 cm³/mol. The van der Waals surface area contributed by atoms with Crippen molar-refractivity contribution in [1.29, 1.82) is 0 Å². The molecule has 4 aromatic rings. The average Bonchev–Trinajstić information content (AvgIpc) is 3.17. The molecule has 0 aliphatic heterocycles. The summed E-state index contributed by atoms with van der Waals surface area (Å²) < 4.78 is 19.5. The van der Waals surface area contributed by atoms with Crippen molar-refractivity contribution in [2.24, 2.45) is 0 Å². The van der Waals surface area contributed by atoms with E-state index in [1.807, 2.05) is 42.5 Å². The minimum Gasteiger partial charge on any atom is -0.484 e. The zero-order valence-electron chi connectivity index (χ0n) is 15.2. The van der Waals surface area contributed by atoms with Crippen LogP contribution >= 0.6 is 22.9 Å². The number of benzene rings is 3. The van der Waals surface area contributed by atoms with Gasteiger partial charge in [-0.3, -0.25) is 9.69 Å². The Morgan fingerprint density at radius 2 is 1.79 bits per heavy atom. The van der Waals surface area contributed by atoms with Gasteiger partial charge in [-0.1, -0.05) is 59.3 Å². The molecule has 0 bridgehead atoms. The third-order valence-corrected chi connectivity index (χ3v) is 5.60. The minimum atomic E-state index is -0.360. The van der Waals surface area contributed by atoms with Gasteiger partial charge < -0.3 is 4.74 Å². The van der Waals surface area contributed by atoms with Crippen molar-refractivity contribution < 1.29 is 13.9 Å². The van der Waals surface area contributed by atoms with Crippen LogP contribution in [0.1, 0.15) is 5.56 Å². The fraction of sp³-hybridized carbons (Fsp3) is 0.0909. The van der Waals surface area contributed by atoms with Crippen molar-refractivity contribution in [2.75, 3.05) is 11.5 Å². The number of amides is 1. The highest BCUT2D eigenvalue weighted by atomic mass is 35.5. The smallest absolute Gasteiger partial charge is 0.267 e. The van der Waals surface area contributed by atoms with Gasteiger partial charge in [-0.2, -0.15) is 0 Å². The number of aromatic nitrogens is 1. The number of carbonyl (C=O) groups is 1. The summed E-state index contributed by atoms with van der Waals surface area (Å²) in [6.45, 7) is 0.159. The molecule has 1 heterocycles. The standard InChI is InChI=1S/C22H16ClFN2O2S/c23-18-7-4-8-19-21(18)25-22(29-19)26(13-15-5-2-1-3-6-15)20(27)14-28-17-11-9-16(24)10-12-17/h1-12H,13-14H2. The molecule has 0 fully saturated rings. The van der Waals surface area contributed by atoms with E-state index < -0.39 is 0 Å². The summed E-state index contributed by atoms with van der Waals surface area (Å²) >= 11 is 7.65. The lowest BCUT2D eigenvalue weighted by Gasteiger charge is -2.20. The first-order valence-corrected chi connectivity index (χ1v) is 10.1. The summed E-state index contributed by atoms with van der Waals surface area (Å²) in [6, 6.07) is 20.8. The van der Waals surface area contributed by atoms with E-state index in [1.54, 1.807) is 11.0 Å². The first-order chi connectivity index (χ1) is 14.1. The van der Waals surface area contributed by atoms with Crippen molar-refractivity contribution >= 4 is 44.2 Å². The van der Waals surface area contributed by atoms with Crippen molar-refractivity contribution in [3.05, 3.63) is 89.2 Å². The molecule has 1 amide bonds. The fourth-order valence-electron chi connectivity index (χ4n) is 2.80. The lowest BCUT2D eigenvalue weighted by atomic mass is 10.2. The molecule has 1 aromatic heterocycles. The SMILES string of the molecule is O=C(COc1ccc(F)cc1)N(Cc1ccccc1)c1nc2c(Cl)cccc2s1. The van der Waals surface area contributed by atoms with Crippen LogP contribution in [0, 0.1) is 5.82 Å². The van der Waals surface area contributed by atoms with Crippen LogP contribution in [-0.2, 0) is 11.3 Å². The maximum absolute atomic E-state index is 13.1. The van der Waals surface area contributed by atoms with Gasteiger partial charge in [0.2, 0.25) is 0 Å². The van der Waals surface area contributed by atoms with Crippen LogP contribution in [0.5, 0.6) is 5.75 Å². The Bertz CT molecular complexity index is 1130. The fourth-order valence-corrected chi connectivity index (χ4v) is 4.08. The summed E-state index contributed by atoms with van der Waals surface area (Å²) in [5.41, 5.74) is 1.63. The molecular formula is C22H16ClFN2O2S. The Labute approximate surface area is 176 Å². The highest BCUT2D eigenvalue weighted by molar-refractivity contribution is 7.22. The number of carbonyl (C=O) groups excluding carboxylic acids is 1. The molecule has 0 aliphatic rings. The van der Waals surface area contributed by atoms with E-state index in [4.69, 9.17) is 16.3 Å². The van der Waals surface area contributed by atoms with Gasteiger partial charge in [0.1, 0.15) is 17.1 Å². The van der Waals surface area contributed by atoms with E-state index in [1.165, 1.54) is 35.6 Å². The molecule has 146 valence electrons. The Morgan fingerprint density at radius 3 is 2.52 bits per heavy atom. The van der Waals surface area contributed by atoms with Crippen LogP contribution in [0.3, 0.4) is 0 Å². The number of nitrogens with zero attached hydrogens (tertiary/aromatic N) is 2. The monoisotopic (exact) mass is 426 g/mol. The number of fused-ring (bicyclic) bond motifs is 1. The average molecular weight is 427 g/mol. The minimum absolute atomic E-state index is 0.192. The Hall–Kier alpha value is -2.96. The molecule has 0 saturated heterocycles. The van der Waals surface area contributed by atoms with Gasteiger partial charge in [-0.05, 0) is 42.0 Å². The Morgan fingerprint density at radius 1 is 1.03 bits per heavy atom. The number of halogens is 2. The van der Waals surface area contributed by atoms with E-state index in [2.05, 4.69) is 4.98 Å². The van der Waals surface area contributed by atoms with E-state index in [0.717, 1.165) is 10.3 Å². The van der Waals surface area contributed by atoms with Gasteiger partial charge in [-0.15, -0.1) is 0 Å². The van der Waals surface area contributed by atoms with Gasteiger partial charge in [0.05, 0.1) is 16.3 Å². The molecule has 0 saturated carbocycles. The van der Waals surface area contributed by atoms with Gasteiger partial charge in [0.25, 0.3) is 5.91 Å². The zero-order valence-corrected chi connectivity index (χ0v) is 16.8. The second kappa shape index (κ2) is 8.59. The molecular weight excluding hydrogens is 411 g/mol. The van der Waals surface area contributed by atoms with Gasteiger partial charge in [0, 0.05) is 0 Å². The topological polar surface area (TPSA) is 42.4 Å². The number of hydrogen-bond acceptors (Lipinski definition) is 4. The third-order valence-electron chi connectivity index (χ3n) is 4.25. The molecule has 7 heteroatoms. The van der Waals surface area contributed by atoms with Gasteiger partial charge in [-0.25, -0.2) is 9.37 Å². The highest BCUT2D eigenvalue weighted by Gasteiger charge is 2.21. The molecule has 0 unspecified atom stereocenters. The molecule has 0 N–H and O–H groups in total. The van der Waals surface area contributed by atoms with Gasteiger partial charge >= 0.3 is 0 Å². The largest absolute Gasteiger partial charge is 0.484 e. The number of ether oxygens (including phenoxy) is 1. The molecule has 0 spiro atoms. The van der Waals surface area contributed by atoms with Crippen LogP contribution in [0.15, 0.2) is 72.8 Å². The Kier molecular flexibility index (Phi) is 5.74. The molecule has 0 radical (unpaired) electrons. The second-order valence-corrected chi connectivity index (χ2v) is 7.71. The van der Waals surface area contributed by atoms with E-state index in [9.17, 15) is 9.18 Å². The van der Waals surface area contributed by atoms with Gasteiger partial charge in [0.15, 0.2) is 11.7 Å². The zero-order chi connectivity index (χ0) is 20.2. The van der Waals surface area contributed by atoms with Crippen molar-refractivity contribution in [3.63, 3.8) is 0 Å². The van der Waals surface area contributed by atoms with Crippen LogP contribution < -0.4 is 9.64 Å². The first kappa shape index (κ1) is 19.4. The molecule has 4 nitrogen and oxygen atoms in total. The molecule has 3 aromatic carbocycles. The molecule has 29 heavy (non-hydrogen) atoms. The summed E-state index contributed by atoms with van der Waals surface area (Å²) in [7, 11) is 0. The lowest BCUT2D eigenvalue weighted by molar-refractivity contribution is -0.120. The number of anilines is 1.